The summed E-state index contributed by atoms with van der Waals surface area (Å²) < 4.78 is 4.06. The van der Waals surface area contributed by atoms with Crippen molar-refractivity contribution in [3.63, 3.8) is 0 Å². The molecule has 8 heteroatoms. The molecule has 0 unspecified atom stereocenters. The summed E-state index contributed by atoms with van der Waals surface area (Å²) in [7, 11) is 0. The quantitative estimate of drug-likeness (QED) is 0.469. The van der Waals surface area contributed by atoms with E-state index in [0.717, 1.165) is 49.1 Å². The van der Waals surface area contributed by atoms with Gasteiger partial charge in [-0.25, -0.2) is 9.98 Å². The molecular formula is C19H26N8. The number of aryl methyl sites for hydroxylation is 1. The first-order valence-corrected chi connectivity index (χ1v) is 9.27. The van der Waals surface area contributed by atoms with Crippen LogP contribution in [0, 0.1) is 0 Å². The molecule has 0 aliphatic carbocycles. The molecule has 1 aromatic carbocycles. The predicted molar refractivity (Wildman–Crippen MR) is 106 cm³/mol. The lowest BCUT2D eigenvalue weighted by Gasteiger charge is -2.13. The van der Waals surface area contributed by atoms with Crippen LogP contribution in [0.4, 0.5) is 0 Å². The largest absolute Gasteiger partial charge is 0.357 e. The highest BCUT2D eigenvalue weighted by Gasteiger charge is 2.05. The van der Waals surface area contributed by atoms with Gasteiger partial charge in [-0.2, -0.15) is 0 Å². The Morgan fingerprint density at radius 1 is 1.15 bits per heavy atom. The number of imidazole rings is 1. The number of rotatable bonds is 8. The zero-order valence-electron chi connectivity index (χ0n) is 15.8. The van der Waals surface area contributed by atoms with Gasteiger partial charge in [0.2, 0.25) is 0 Å². The molecule has 0 bridgehead atoms. The number of benzene rings is 1. The van der Waals surface area contributed by atoms with Crippen molar-refractivity contribution in [1.29, 1.82) is 0 Å². The van der Waals surface area contributed by atoms with E-state index in [-0.39, 0.29) is 0 Å². The topological polar surface area (TPSA) is 85.0 Å². The van der Waals surface area contributed by atoms with Crippen molar-refractivity contribution in [1.82, 2.24) is 34.9 Å². The first-order valence-electron chi connectivity index (χ1n) is 9.27. The molecule has 0 spiro atoms. The molecule has 3 aromatic rings. The van der Waals surface area contributed by atoms with Gasteiger partial charge in [0.1, 0.15) is 12.2 Å². The van der Waals surface area contributed by atoms with E-state index in [1.807, 2.05) is 22.9 Å². The number of aromatic nitrogens is 5. The Bertz CT molecular complexity index is 850. The molecular weight excluding hydrogens is 340 g/mol. The smallest absolute Gasteiger partial charge is 0.191 e. The molecule has 142 valence electrons. The number of aliphatic imine (C=N–C) groups is 1. The van der Waals surface area contributed by atoms with Gasteiger partial charge in [0.05, 0.1) is 18.6 Å². The van der Waals surface area contributed by atoms with Gasteiger partial charge in [0.25, 0.3) is 0 Å². The highest BCUT2D eigenvalue weighted by atomic mass is 15.3. The molecule has 0 saturated carbocycles. The van der Waals surface area contributed by atoms with Crippen molar-refractivity contribution in [2.75, 3.05) is 13.1 Å². The van der Waals surface area contributed by atoms with Crippen molar-refractivity contribution in [3.05, 3.63) is 60.7 Å². The lowest BCUT2D eigenvalue weighted by Crippen LogP contribution is -2.39. The first-order chi connectivity index (χ1) is 13.3. The van der Waals surface area contributed by atoms with Gasteiger partial charge >= 0.3 is 0 Å². The van der Waals surface area contributed by atoms with Gasteiger partial charge in [-0.05, 0) is 18.6 Å². The number of nitrogens with zero attached hydrogens (tertiary/aromatic N) is 6. The van der Waals surface area contributed by atoms with Crippen LogP contribution in [0.3, 0.4) is 0 Å². The number of guanidine groups is 1. The van der Waals surface area contributed by atoms with E-state index < -0.39 is 0 Å². The second-order valence-electron chi connectivity index (χ2n) is 6.01. The molecule has 27 heavy (non-hydrogen) atoms. The fourth-order valence-electron chi connectivity index (χ4n) is 2.84. The minimum Gasteiger partial charge on any atom is -0.357 e. The van der Waals surface area contributed by atoms with E-state index in [2.05, 4.69) is 56.4 Å². The van der Waals surface area contributed by atoms with Crippen molar-refractivity contribution in [2.45, 2.75) is 33.4 Å². The van der Waals surface area contributed by atoms with Crippen LogP contribution in [-0.2, 0) is 19.5 Å². The fraction of sp³-hybridized carbons (Fsp3) is 0.368. The first kappa shape index (κ1) is 18.6. The monoisotopic (exact) mass is 366 g/mol. The molecule has 0 radical (unpaired) electrons. The summed E-state index contributed by atoms with van der Waals surface area (Å²) >= 11 is 0. The fourth-order valence-corrected chi connectivity index (χ4v) is 2.84. The molecule has 2 heterocycles. The molecule has 2 aromatic heterocycles. The molecule has 2 N–H and O–H groups in total. The van der Waals surface area contributed by atoms with E-state index in [9.17, 15) is 0 Å². The van der Waals surface area contributed by atoms with Crippen LogP contribution < -0.4 is 10.6 Å². The Morgan fingerprint density at radius 3 is 2.81 bits per heavy atom. The maximum absolute atomic E-state index is 4.74. The van der Waals surface area contributed by atoms with E-state index in [1.54, 1.807) is 18.9 Å². The van der Waals surface area contributed by atoms with Crippen molar-refractivity contribution in [2.24, 2.45) is 4.99 Å². The minimum atomic E-state index is 0.580. The Labute approximate surface area is 159 Å². The third-order valence-electron chi connectivity index (χ3n) is 4.18. The lowest BCUT2D eigenvalue weighted by molar-refractivity contribution is 0.632. The van der Waals surface area contributed by atoms with Crippen LogP contribution in [0.15, 0.2) is 54.3 Å². The lowest BCUT2D eigenvalue weighted by atomic mass is 10.2. The minimum absolute atomic E-state index is 0.580. The zero-order chi connectivity index (χ0) is 18.9. The van der Waals surface area contributed by atoms with Gasteiger partial charge < -0.3 is 19.8 Å². The van der Waals surface area contributed by atoms with E-state index in [4.69, 9.17) is 4.99 Å². The molecule has 0 fully saturated rings. The molecule has 0 aliphatic heterocycles. The van der Waals surface area contributed by atoms with Crippen molar-refractivity contribution in [3.8, 4) is 5.69 Å². The summed E-state index contributed by atoms with van der Waals surface area (Å²) in [5.74, 6) is 1.79. The maximum Gasteiger partial charge on any atom is 0.191 e. The van der Waals surface area contributed by atoms with Crippen molar-refractivity contribution >= 4 is 5.96 Å². The standard InChI is InChI=1S/C19H26N8/c1-3-18-25-24-15-27(18)12-10-22-19(21-4-2)23-13-16-7-5-6-8-17(16)26-11-9-20-14-26/h5-9,11,14-15H,3-4,10,12-13H2,1-2H3,(H2,21,22,23). The Hall–Kier alpha value is -3.16. The second-order valence-corrected chi connectivity index (χ2v) is 6.01. The average molecular weight is 366 g/mol. The van der Waals surface area contributed by atoms with Crippen molar-refractivity contribution < 1.29 is 0 Å². The predicted octanol–water partition coefficient (Wildman–Crippen LogP) is 1.78. The summed E-state index contributed by atoms with van der Waals surface area (Å²) in [6, 6.07) is 8.22. The van der Waals surface area contributed by atoms with E-state index in [1.165, 1.54) is 0 Å². The molecule has 0 amide bonds. The van der Waals surface area contributed by atoms with E-state index in [0.29, 0.717) is 6.54 Å². The van der Waals surface area contributed by atoms with Crippen LogP contribution in [0.25, 0.3) is 5.69 Å². The van der Waals surface area contributed by atoms with Gasteiger partial charge in [0, 0.05) is 38.4 Å². The summed E-state index contributed by atoms with van der Waals surface area (Å²) in [6.07, 6.45) is 8.17. The van der Waals surface area contributed by atoms with Crippen LogP contribution in [0.1, 0.15) is 25.2 Å². The van der Waals surface area contributed by atoms with Crippen LogP contribution in [-0.4, -0.2) is 43.4 Å². The second kappa shape index (κ2) is 9.51. The number of nitrogens with one attached hydrogen (secondary N) is 2. The summed E-state index contributed by atoms with van der Waals surface area (Å²) in [5.41, 5.74) is 2.23. The molecule has 3 rings (SSSR count). The average Bonchev–Trinajstić information content (AvgIpc) is 3.38. The number of hydrogen-bond donors (Lipinski definition) is 2. The molecule has 0 atom stereocenters. The summed E-state index contributed by atoms with van der Waals surface area (Å²) in [5, 5.41) is 14.8. The normalized spacial score (nSPS) is 11.6. The Kier molecular flexibility index (Phi) is 6.56. The van der Waals surface area contributed by atoms with Crippen LogP contribution >= 0.6 is 0 Å². The van der Waals surface area contributed by atoms with Crippen LogP contribution in [0.5, 0.6) is 0 Å². The number of para-hydroxylation sites is 1. The number of hydrogen-bond acceptors (Lipinski definition) is 4. The molecule has 8 nitrogen and oxygen atoms in total. The SMILES string of the molecule is CCNC(=NCc1ccccc1-n1ccnc1)NCCn1cnnc1CC. The van der Waals surface area contributed by atoms with Gasteiger partial charge in [0.15, 0.2) is 5.96 Å². The van der Waals surface area contributed by atoms with Gasteiger partial charge in [-0.1, -0.05) is 25.1 Å². The molecule has 0 aliphatic rings. The van der Waals surface area contributed by atoms with Crippen LogP contribution in [0.2, 0.25) is 0 Å². The maximum atomic E-state index is 4.74. The summed E-state index contributed by atoms with van der Waals surface area (Å²) in [6.45, 7) is 7.08. The zero-order valence-corrected chi connectivity index (χ0v) is 15.8. The van der Waals surface area contributed by atoms with E-state index >= 15 is 0 Å². The highest BCUT2D eigenvalue weighted by molar-refractivity contribution is 5.79. The third kappa shape index (κ3) is 4.93. The van der Waals surface area contributed by atoms with Gasteiger partial charge in [-0.15, -0.1) is 10.2 Å². The highest BCUT2D eigenvalue weighted by Crippen LogP contribution is 2.14. The summed E-state index contributed by atoms with van der Waals surface area (Å²) in [4.78, 5) is 8.87. The molecule has 0 saturated heterocycles. The Balaban J connectivity index is 1.64. The Morgan fingerprint density at radius 2 is 2.04 bits per heavy atom. The van der Waals surface area contributed by atoms with Gasteiger partial charge in [-0.3, -0.25) is 0 Å². The third-order valence-corrected chi connectivity index (χ3v) is 4.18.